The molecule has 0 aliphatic carbocycles. The van der Waals surface area contributed by atoms with Crippen molar-refractivity contribution in [2.75, 3.05) is 13.1 Å². The van der Waals surface area contributed by atoms with Gasteiger partial charge in [0, 0.05) is 43.0 Å². The van der Waals surface area contributed by atoms with Crippen molar-refractivity contribution < 1.29 is 0 Å². The summed E-state index contributed by atoms with van der Waals surface area (Å²) in [6.07, 6.45) is 4.10. The topological polar surface area (TPSA) is 58.3 Å². The van der Waals surface area contributed by atoms with Crippen LogP contribution in [0.1, 0.15) is 24.4 Å². The van der Waals surface area contributed by atoms with Crippen LogP contribution in [-0.2, 0) is 6.54 Å². The van der Waals surface area contributed by atoms with Crippen molar-refractivity contribution in [3.63, 3.8) is 0 Å². The lowest BCUT2D eigenvalue weighted by atomic mass is 10.0. The van der Waals surface area contributed by atoms with Gasteiger partial charge in [-0.2, -0.15) is 0 Å². The van der Waals surface area contributed by atoms with Crippen molar-refractivity contribution in [2.24, 2.45) is 0 Å². The number of nitrogens with zero attached hydrogens (tertiary/aromatic N) is 4. The van der Waals surface area contributed by atoms with Crippen molar-refractivity contribution in [2.45, 2.75) is 25.4 Å². The maximum Gasteiger partial charge on any atom is 0.326 e. The van der Waals surface area contributed by atoms with E-state index in [1.54, 1.807) is 0 Å². The molecule has 0 atom stereocenters. The standard InChI is InChI=1S/C36H31N5O/c42-36-38-31-11-5-7-13-33(31)41(36)28-18-21-39(22-19-28)24-25-14-16-27(17-15-25)34-35-29(26-8-2-1-3-9-26)20-23-40(35)32-12-6-4-10-30(32)37-34/h1-17,20,23,28H,18-19,21-22,24H2,(H,38,42). The number of nitrogens with one attached hydrogen (secondary N) is 1. The highest BCUT2D eigenvalue weighted by molar-refractivity contribution is 5.96. The van der Waals surface area contributed by atoms with E-state index in [2.05, 4.69) is 99.3 Å². The Morgan fingerprint density at radius 1 is 0.738 bits per heavy atom. The van der Waals surface area contributed by atoms with E-state index < -0.39 is 0 Å². The number of rotatable bonds is 5. The molecule has 0 radical (unpaired) electrons. The van der Waals surface area contributed by atoms with Crippen molar-refractivity contribution in [3.8, 4) is 22.4 Å². The van der Waals surface area contributed by atoms with Crippen molar-refractivity contribution in [3.05, 3.63) is 131 Å². The maximum atomic E-state index is 12.7. The van der Waals surface area contributed by atoms with Crippen LogP contribution >= 0.6 is 0 Å². The van der Waals surface area contributed by atoms with Gasteiger partial charge in [0.05, 0.1) is 33.3 Å². The predicted octanol–water partition coefficient (Wildman–Crippen LogP) is 7.30. The minimum absolute atomic E-state index is 0.0000500. The summed E-state index contributed by atoms with van der Waals surface area (Å²) in [6, 6.07) is 38.2. The lowest BCUT2D eigenvalue weighted by molar-refractivity contribution is 0.180. The number of aromatic amines is 1. The fraction of sp³-hybridized carbons (Fsp3) is 0.167. The van der Waals surface area contributed by atoms with E-state index in [1.165, 1.54) is 16.7 Å². The summed E-state index contributed by atoms with van der Waals surface area (Å²) in [6.45, 7) is 2.84. The molecule has 206 valence electrons. The molecular formula is C36H31N5O. The average Bonchev–Trinajstić information content (AvgIpc) is 3.63. The molecule has 42 heavy (non-hydrogen) atoms. The number of imidazole rings is 1. The SMILES string of the molecule is O=c1[nH]c2ccccc2n1C1CCN(Cc2ccc(-c3nc4ccccc4n4ccc(-c5ccccc5)c34)cc2)CC1. The molecule has 0 spiro atoms. The summed E-state index contributed by atoms with van der Waals surface area (Å²) in [5, 5.41) is 0. The summed E-state index contributed by atoms with van der Waals surface area (Å²) < 4.78 is 4.24. The van der Waals surface area contributed by atoms with Gasteiger partial charge in [0.1, 0.15) is 0 Å². The smallest absolute Gasteiger partial charge is 0.312 e. The van der Waals surface area contributed by atoms with Gasteiger partial charge in [-0.3, -0.25) is 9.47 Å². The van der Waals surface area contributed by atoms with Gasteiger partial charge in [0.25, 0.3) is 0 Å². The first-order valence-electron chi connectivity index (χ1n) is 14.7. The number of hydrogen-bond donors (Lipinski definition) is 1. The van der Waals surface area contributed by atoms with Crippen LogP contribution in [0, 0.1) is 0 Å². The molecule has 0 unspecified atom stereocenters. The molecule has 4 aromatic carbocycles. The number of aromatic nitrogens is 4. The minimum Gasteiger partial charge on any atom is -0.312 e. The lowest BCUT2D eigenvalue weighted by Gasteiger charge is -2.32. The Kier molecular flexibility index (Phi) is 6.00. The van der Waals surface area contributed by atoms with Gasteiger partial charge < -0.3 is 9.38 Å². The fourth-order valence-electron chi connectivity index (χ4n) is 6.66. The third kappa shape index (κ3) is 4.23. The van der Waals surface area contributed by atoms with E-state index in [-0.39, 0.29) is 11.7 Å². The molecule has 0 saturated carbocycles. The molecule has 0 amide bonds. The molecule has 1 saturated heterocycles. The van der Waals surface area contributed by atoms with E-state index >= 15 is 0 Å². The Bertz CT molecular complexity index is 2100. The zero-order valence-electron chi connectivity index (χ0n) is 23.3. The van der Waals surface area contributed by atoms with E-state index in [9.17, 15) is 4.79 Å². The third-order valence-electron chi connectivity index (χ3n) is 8.75. The second-order valence-corrected chi connectivity index (χ2v) is 11.3. The Labute approximate surface area is 243 Å². The van der Waals surface area contributed by atoms with Crippen molar-refractivity contribution in [1.82, 2.24) is 23.8 Å². The summed E-state index contributed by atoms with van der Waals surface area (Å²) in [7, 11) is 0. The van der Waals surface area contributed by atoms with Gasteiger partial charge in [-0.15, -0.1) is 0 Å². The Balaban J connectivity index is 1.06. The fourth-order valence-corrected chi connectivity index (χ4v) is 6.66. The quantitative estimate of drug-likeness (QED) is 0.245. The average molecular weight is 550 g/mol. The summed E-state index contributed by atoms with van der Waals surface area (Å²) in [4.78, 5) is 23.4. The van der Waals surface area contributed by atoms with Gasteiger partial charge in [-0.1, -0.05) is 78.9 Å². The summed E-state index contributed by atoms with van der Waals surface area (Å²) in [5.41, 5.74) is 10.9. The molecule has 6 heteroatoms. The van der Waals surface area contributed by atoms with Gasteiger partial charge in [0.15, 0.2) is 0 Å². The first-order chi connectivity index (χ1) is 20.7. The summed E-state index contributed by atoms with van der Waals surface area (Å²) in [5.74, 6) is 0. The first kappa shape index (κ1) is 24.8. The predicted molar refractivity (Wildman–Crippen MR) is 170 cm³/mol. The van der Waals surface area contributed by atoms with Crippen molar-refractivity contribution in [1.29, 1.82) is 0 Å². The third-order valence-corrected chi connectivity index (χ3v) is 8.75. The second-order valence-electron chi connectivity index (χ2n) is 11.3. The zero-order chi connectivity index (χ0) is 28.0. The molecule has 0 bridgehead atoms. The molecule has 1 fully saturated rings. The molecule has 8 rings (SSSR count). The number of likely N-dealkylation sites (tertiary alicyclic amines) is 1. The van der Waals surface area contributed by atoms with Crippen LogP contribution in [0.3, 0.4) is 0 Å². The normalized spacial score (nSPS) is 14.8. The van der Waals surface area contributed by atoms with E-state index in [1.807, 2.05) is 34.9 Å². The summed E-state index contributed by atoms with van der Waals surface area (Å²) >= 11 is 0. The van der Waals surface area contributed by atoms with Gasteiger partial charge >= 0.3 is 5.69 Å². The number of piperidine rings is 1. The minimum atomic E-state index is 0.0000500. The van der Waals surface area contributed by atoms with Crippen LogP contribution in [0.5, 0.6) is 0 Å². The molecule has 7 aromatic rings. The monoisotopic (exact) mass is 549 g/mol. The van der Waals surface area contributed by atoms with Gasteiger partial charge in [-0.05, 0) is 54.3 Å². The largest absolute Gasteiger partial charge is 0.326 e. The molecule has 4 heterocycles. The van der Waals surface area contributed by atoms with Gasteiger partial charge in [0.2, 0.25) is 0 Å². The Morgan fingerprint density at radius 2 is 1.45 bits per heavy atom. The van der Waals surface area contributed by atoms with E-state index in [0.717, 1.165) is 71.3 Å². The van der Waals surface area contributed by atoms with Crippen LogP contribution in [0.15, 0.2) is 120 Å². The van der Waals surface area contributed by atoms with Gasteiger partial charge in [-0.25, -0.2) is 9.78 Å². The number of para-hydroxylation sites is 4. The number of fused-ring (bicyclic) bond motifs is 4. The van der Waals surface area contributed by atoms with E-state index in [4.69, 9.17) is 4.98 Å². The molecule has 1 N–H and O–H groups in total. The second kappa shape index (κ2) is 10.2. The van der Waals surface area contributed by atoms with E-state index in [0.29, 0.717) is 0 Å². The van der Waals surface area contributed by atoms with Crippen LogP contribution < -0.4 is 5.69 Å². The zero-order valence-corrected chi connectivity index (χ0v) is 23.3. The Hall–Kier alpha value is -4.94. The van der Waals surface area contributed by atoms with Crippen LogP contribution in [0.4, 0.5) is 0 Å². The lowest BCUT2D eigenvalue weighted by Crippen LogP contribution is -2.36. The highest BCUT2D eigenvalue weighted by Gasteiger charge is 2.24. The number of hydrogen-bond acceptors (Lipinski definition) is 3. The highest BCUT2D eigenvalue weighted by atomic mass is 16.1. The molecule has 3 aromatic heterocycles. The molecule has 1 aliphatic heterocycles. The van der Waals surface area contributed by atoms with Crippen molar-refractivity contribution >= 4 is 27.6 Å². The maximum absolute atomic E-state index is 12.7. The number of benzene rings is 4. The molecule has 6 nitrogen and oxygen atoms in total. The highest BCUT2D eigenvalue weighted by Crippen LogP contribution is 2.35. The first-order valence-corrected chi connectivity index (χ1v) is 14.7. The molecule has 1 aliphatic rings. The molecular weight excluding hydrogens is 518 g/mol. The van der Waals surface area contributed by atoms with Crippen LogP contribution in [0.25, 0.3) is 50.0 Å². The number of H-pyrrole nitrogens is 1. The van der Waals surface area contributed by atoms with Crippen LogP contribution in [0.2, 0.25) is 0 Å². The Morgan fingerprint density at radius 3 is 2.26 bits per heavy atom. The van der Waals surface area contributed by atoms with Crippen LogP contribution in [-0.4, -0.2) is 36.9 Å².